The summed E-state index contributed by atoms with van der Waals surface area (Å²) in [4.78, 5) is 16.8. The van der Waals surface area contributed by atoms with E-state index in [0.29, 0.717) is 25.2 Å². The van der Waals surface area contributed by atoms with Crippen LogP contribution in [0, 0.1) is 6.92 Å². The van der Waals surface area contributed by atoms with Crippen LogP contribution < -0.4 is 5.32 Å². The first-order valence-corrected chi connectivity index (χ1v) is 9.23. The van der Waals surface area contributed by atoms with E-state index in [2.05, 4.69) is 10.3 Å². The number of nitrogens with one attached hydrogen (secondary N) is 1. The smallest absolute Gasteiger partial charge is 0.243 e. The van der Waals surface area contributed by atoms with Crippen molar-refractivity contribution in [3.8, 4) is 0 Å². The Morgan fingerprint density at radius 3 is 2.62 bits per heavy atom. The van der Waals surface area contributed by atoms with Crippen molar-refractivity contribution in [1.29, 1.82) is 0 Å². The summed E-state index contributed by atoms with van der Waals surface area (Å²) in [6.45, 7) is 2.24. The van der Waals surface area contributed by atoms with E-state index in [4.69, 9.17) is 0 Å². The van der Waals surface area contributed by atoms with Crippen LogP contribution in [0.2, 0.25) is 0 Å². The Hall–Kier alpha value is -2.25. The van der Waals surface area contributed by atoms with Crippen molar-refractivity contribution in [1.82, 2.24) is 9.29 Å². The van der Waals surface area contributed by atoms with Crippen LogP contribution in [0.1, 0.15) is 18.4 Å². The molecule has 1 fully saturated rings. The second-order valence-corrected chi connectivity index (χ2v) is 7.68. The number of pyridine rings is 1. The Kier molecular flexibility index (Phi) is 4.64. The molecule has 2 aromatic rings. The lowest BCUT2D eigenvalue weighted by molar-refractivity contribution is -0.119. The van der Waals surface area contributed by atoms with Crippen LogP contribution in [0.15, 0.2) is 53.6 Å². The van der Waals surface area contributed by atoms with Gasteiger partial charge in [0, 0.05) is 12.7 Å². The Balaban J connectivity index is 1.82. The number of sulfonamides is 1. The van der Waals surface area contributed by atoms with Crippen molar-refractivity contribution in [3.05, 3.63) is 54.2 Å². The highest BCUT2D eigenvalue weighted by Crippen LogP contribution is 2.27. The number of aromatic nitrogens is 1. The molecule has 126 valence electrons. The lowest BCUT2D eigenvalue weighted by Crippen LogP contribution is -2.43. The van der Waals surface area contributed by atoms with Gasteiger partial charge in [0.05, 0.1) is 4.90 Å². The van der Waals surface area contributed by atoms with Gasteiger partial charge in [-0.15, -0.1) is 0 Å². The third-order valence-corrected chi connectivity index (χ3v) is 5.97. The van der Waals surface area contributed by atoms with Crippen LogP contribution in [-0.2, 0) is 14.8 Å². The first kappa shape index (κ1) is 16.6. The maximum atomic E-state index is 12.8. The molecule has 7 heteroatoms. The number of amides is 1. The van der Waals surface area contributed by atoms with Gasteiger partial charge in [0.2, 0.25) is 15.9 Å². The molecule has 1 amide bonds. The van der Waals surface area contributed by atoms with Gasteiger partial charge < -0.3 is 5.32 Å². The topological polar surface area (TPSA) is 79.4 Å². The van der Waals surface area contributed by atoms with Gasteiger partial charge in [-0.3, -0.25) is 4.79 Å². The SMILES string of the molecule is Cc1ccc(S(=O)(=O)N2CCC[C@H]2C(=O)Nc2ccccn2)cc1. The minimum absolute atomic E-state index is 0.214. The third-order valence-electron chi connectivity index (χ3n) is 4.05. The predicted octanol–water partition coefficient (Wildman–Crippen LogP) is 2.18. The molecule has 0 spiro atoms. The predicted molar refractivity (Wildman–Crippen MR) is 91.0 cm³/mol. The van der Waals surface area contributed by atoms with Crippen molar-refractivity contribution < 1.29 is 13.2 Å². The van der Waals surface area contributed by atoms with Crippen molar-refractivity contribution in [2.24, 2.45) is 0 Å². The number of benzene rings is 1. The maximum absolute atomic E-state index is 12.8. The van der Waals surface area contributed by atoms with Gasteiger partial charge in [-0.05, 0) is 44.0 Å². The number of hydrogen-bond acceptors (Lipinski definition) is 4. The fourth-order valence-electron chi connectivity index (χ4n) is 2.78. The van der Waals surface area contributed by atoms with Gasteiger partial charge in [0.1, 0.15) is 11.9 Å². The molecular weight excluding hydrogens is 326 g/mol. The summed E-state index contributed by atoms with van der Waals surface area (Å²) in [6.07, 6.45) is 2.74. The molecule has 0 radical (unpaired) electrons. The lowest BCUT2D eigenvalue weighted by atomic mass is 10.2. The highest BCUT2D eigenvalue weighted by molar-refractivity contribution is 7.89. The fourth-order valence-corrected chi connectivity index (χ4v) is 4.44. The van der Waals surface area contributed by atoms with Crippen LogP contribution in [0.5, 0.6) is 0 Å². The molecule has 1 aromatic heterocycles. The number of aryl methyl sites for hydroxylation is 1. The summed E-state index contributed by atoms with van der Waals surface area (Å²) in [5.74, 6) is 0.0731. The summed E-state index contributed by atoms with van der Waals surface area (Å²) >= 11 is 0. The molecule has 1 aliphatic heterocycles. The lowest BCUT2D eigenvalue weighted by Gasteiger charge is -2.23. The van der Waals surface area contributed by atoms with E-state index in [0.717, 1.165) is 5.56 Å². The summed E-state index contributed by atoms with van der Waals surface area (Å²) < 4.78 is 27.0. The van der Waals surface area contributed by atoms with Crippen LogP contribution >= 0.6 is 0 Å². The quantitative estimate of drug-likeness (QED) is 0.921. The number of carbonyl (C=O) groups excluding carboxylic acids is 1. The van der Waals surface area contributed by atoms with Gasteiger partial charge >= 0.3 is 0 Å². The molecular formula is C17H19N3O3S. The first-order valence-electron chi connectivity index (χ1n) is 7.79. The molecule has 1 N–H and O–H groups in total. The number of rotatable bonds is 4. The van der Waals surface area contributed by atoms with E-state index in [1.165, 1.54) is 4.31 Å². The summed E-state index contributed by atoms with van der Waals surface area (Å²) in [6, 6.07) is 11.1. The second kappa shape index (κ2) is 6.70. The molecule has 24 heavy (non-hydrogen) atoms. The van der Waals surface area contributed by atoms with Gasteiger partial charge in [-0.25, -0.2) is 13.4 Å². The number of anilines is 1. The largest absolute Gasteiger partial charge is 0.309 e. The van der Waals surface area contributed by atoms with Gasteiger partial charge in [0.25, 0.3) is 0 Å². The molecule has 2 heterocycles. The van der Waals surface area contributed by atoms with Crippen molar-refractivity contribution >= 4 is 21.7 Å². The minimum atomic E-state index is -3.69. The molecule has 6 nitrogen and oxygen atoms in total. The van der Waals surface area contributed by atoms with E-state index in [1.807, 2.05) is 6.92 Å². The van der Waals surface area contributed by atoms with E-state index in [-0.39, 0.29) is 10.8 Å². The zero-order chi connectivity index (χ0) is 17.2. The Bertz CT molecular complexity index is 820. The fraction of sp³-hybridized carbons (Fsp3) is 0.294. The monoisotopic (exact) mass is 345 g/mol. The van der Waals surface area contributed by atoms with Crippen LogP contribution in [-0.4, -0.2) is 36.2 Å². The standard InChI is InChI=1S/C17H19N3O3S/c1-13-7-9-14(10-8-13)24(22,23)20-12-4-5-15(20)17(21)19-16-6-2-3-11-18-16/h2-3,6-11,15H,4-5,12H2,1H3,(H,18,19,21)/t15-/m0/s1. The van der Waals surface area contributed by atoms with Crippen LogP contribution in [0.25, 0.3) is 0 Å². The van der Waals surface area contributed by atoms with E-state index >= 15 is 0 Å². The average Bonchev–Trinajstić information content (AvgIpc) is 3.07. The zero-order valence-electron chi connectivity index (χ0n) is 13.3. The zero-order valence-corrected chi connectivity index (χ0v) is 14.2. The highest BCUT2D eigenvalue weighted by atomic mass is 32.2. The van der Waals surface area contributed by atoms with E-state index in [9.17, 15) is 13.2 Å². The van der Waals surface area contributed by atoms with Gasteiger partial charge in [-0.2, -0.15) is 4.31 Å². The van der Waals surface area contributed by atoms with Crippen molar-refractivity contribution in [3.63, 3.8) is 0 Å². The Morgan fingerprint density at radius 2 is 1.96 bits per heavy atom. The summed E-state index contributed by atoms with van der Waals surface area (Å²) in [5, 5.41) is 2.69. The molecule has 3 rings (SSSR count). The normalized spacial score (nSPS) is 18.5. The average molecular weight is 345 g/mol. The Labute approximate surface area is 141 Å². The minimum Gasteiger partial charge on any atom is -0.309 e. The molecule has 0 aliphatic carbocycles. The Morgan fingerprint density at radius 1 is 1.21 bits per heavy atom. The molecule has 0 bridgehead atoms. The van der Waals surface area contributed by atoms with Crippen LogP contribution in [0.4, 0.5) is 5.82 Å². The molecule has 1 aromatic carbocycles. The molecule has 1 saturated heterocycles. The third kappa shape index (κ3) is 3.32. The van der Waals surface area contributed by atoms with Crippen LogP contribution in [0.3, 0.4) is 0 Å². The first-order chi connectivity index (χ1) is 11.5. The van der Waals surface area contributed by atoms with Crippen molar-refractivity contribution in [2.75, 3.05) is 11.9 Å². The van der Waals surface area contributed by atoms with E-state index in [1.54, 1.807) is 48.7 Å². The van der Waals surface area contributed by atoms with E-state index < -0.39 is 16.1 Å². The molecule has 1 atom stereocenters. The van der Waals surface area contributed by atoms with Crippen molar-refractivity contribution in [2.45, 2.75) is 30.7 Å². The molecule has 1 aliphatic rings. The number of hydrogen-bond donors (Lipinski definition) is 1. The maximum Gasteiger partial charge on any atom is 0.243 e. The summed E-state index contributed by atoms with van der Waals surface area (Å²) in [7, 11) is -3.69. The second-order valence-electron chi connectivity index (χ2n) is 5.79. The molecule has 0 unspecified atom stereocenters. The molecule has 0 saturated carbocycles. The summed E-state index contributed by atoms with van der Waals surface area (Å²) in [5.41, 5.74) is 0.986. The number of nitrogens with zero attached hydrogens (tertiary/aromatic N) is 2. The van der Waals surface area contributed by atoms with Gasteiger partial charge in [0.15, 0.2) is 0 Å². The number of carbonyl (C=O) groups is 1. The van der Waals surface area contributed by atoms with Gasteiger partial charge in [-0.1, -0.05) is 23.8 Å². The highest BCUT2D eigenvalue weighted by Gasteiger charge is 2.39.